The van der Waals surface area contributed by atoms with Crippen LogP contribution in [0.5, 0.6) is 0 Å². The third-order valence-corrected chi connectivity index (χ3v) is 10.8. The number of nitrogens with zero attached hydrogens (tertiary/aromatic N) is 2. The molecule has 0 unspecified atom stereocenters. The molecule has 1 heterocycles. The van der Waals surface area contributed by atoms with E-state index in [4.69, 9.17) is 0 Å². The van der Waals surface area contributed by atoms with Gasteiger partial charge >= 0.3 is 0 Å². The Kier molecular flexibility index (Phi) is 8.55. The Bertz CT molecular complexity index is 2940. The van der Waals surface area contributed by atoms with Crippen LogP contribution >= 0.6 is 0 Å². The van der Waals surface area contributed by atoms with Crippen molar-refractivity contribution in [3.63, 3.8) is 0 Å². The van der Waals surface area contributed by atoms with Gasteiger partial charge in [0.05, 0.1) is 16.7 Å². The zero-order valence-electron chi connectivity index (χ0n) is 30.8. The summed E-state index contributed by atoms with van der Waals surface area (Å²) in [7, 11) is 0. The lowest BCUT2D eigenvalue weighted by Gasteiger charge is -2.28. The molecule has 264 valence electrons. The fourth-order valence-corrected chi connectivity index (χ4v) is 8.28. The molecule has 0 bridgehead atoms. The van der Waals surface area contributed by atoms with Crippen LogP contribution in [-0.4, -0.2) is 4.57 Å². The predicted molar refractivity (Wildman–Crippen MR) is 237 cm³/mol. The lowest BCUT2D eigenvalue weighted by Crippen LogP contribution is -2.11. The smallest absolute Gasteiger partial charge is 0.0547 e. The highest BCUT2D eigenvalue weighted by atomic mass is 15.1. The second-order valence-electron chi connectivity index (χ2n) is 14.1. The molecule has 0 atom stereocenters. The van der Waals surface area contributed by atoms with Crippen LogP contribution in [0.4, 0.5) is 17.1 Å². The van der Waals surface area contributed by atoms with Crippen molar-refractivity contribution in [2.45, 2.75) is 0 Å². The standard InChI is InChI=1S/C54H38N2/c1-4-18-39(19-5-1)46-26-10-11-27-47(46)40-34-36-45(37-35-40)55(43-22-6-2-7-23-43)51-31-14-12-28-48(51)41-20-16-21-42(38-41)49-30-17-33-53-54(49)50-29-13-15-32-52(50)56(53)44-24-8-3-9-25-44/h1-38H. The molecular weight excluding hydrogens is 677 g/mol. The molecule has 0 aliphatic carbocycles. The van der Waals surface area contributed by atoms with Crippen LogP contribution in [0, 0.1) is 0 Å². The van der Waals surface area contributed by atoms with Crippen LogP contribution in [0.2, 0.25) is 0 Å². The van der Waals surface area contributed by atoms with Crippen molar-refractivity contribution in [1.29, 1.82) is 0 Å². The first-order valence-electron chi connectivity index (χ1n) is 19.2. The molecule has 56 heavy (non-hydrogen) atoms. The van der Waals surface area contributed by atoms with Gasteiger partial charge < -0.3 is 9.47 Å². The molecule has 0 aliphatic rings. The summed E-state index contributed by atoms with van der Waals surface area (Å²) in [5.74, 6) is 0. The first-order valence-corrected chi connectivity index (χ1v) is 19.2. The van der Waals surface area contributed by atoms with Crippen LogP contribution < -0.4 is 4.90 Å². The van der Waals surface area contributed by atoms with Gasteiger partial charge in [-0.25, -0.2) is 0 Å². The van der Waals surface area contributed by atoms with Gasteiger partial charge in [-0.15, -0.1) is 0 Å². The van der Waals surface area contributed by atoms with Gasteiger partial charge in [-0.3, -0.25) is 0 Å². The first kappa shape index (κ1) is 33.2. The Morgan fingerprint density at radius 2 is 0.786 bits per heavy atom. The minimum atomic E-state index is 1.10. The van der Waals surface area contributed by atoms with Crippen LogP contribution in [-0.2, 0) is 0 Å². The molecule has 0 saturated heterocycles. The van der Waals surface area contributed by atoms with Crippen LogP contribution in [0.25, 0.3) is 72.0 Å². The number of rotatable bonds is 8. The van der Waals surface area contributed by atoms with Crippen LogP contribution in [0.1, 0.15) is 0 Å². The molecule has 0 N–H and O–H groups in total. The van der Waals surface area contributed by atoms with E-state index in [2.05, 4.69) is 240 Å². The van der Waals surface area contributed by atoms with E-state index in [1.165, 1.54) is 55.2 Å². The Hall–Kier alpha value is -7.42. The van der Waals surface area contributed by atoms with Gasteiger partial charge in [-0.1, -0.05) is 170 Å². The summed E-state index contributed by atoms with van der Waals surface area (Å²) in [5.41, 5.74) is 16.5. The summed E-state index contributed by atoms with van der Waals surface area (Å²) >= 11 is 0. The highest BCUT2D eigenvalue weighted by Crippen LogP contribution is 2.44. The molecule has 0 spiro atoms. The third kappa shape index (κ3) is 5.95. The Labute approximate surface area is 327 Å². The molecule has 10 rings (SSSR count). The monoisotopic (exact) mass is 714 g/mol. The maximum Gasteiger partial charge on any atom is 0.0547 e. The molecule has 0 aliphatic heterocycles. The van der Waals surface area contributed by atoms with Crippen molar-refractivity contribution in [3.05, 3.63) is 231 Å². The minimum Gasteiger partial charge on any atom is -0.310 e. The molecule has 0 saturated carbocycles. The molecule has 0 fully saturated rings. The maximum absolute atomic E-state index is 2.39. The van der Waals surface area contributed by atoms with E-state index in [-0.39, 0.29) is 0 Å². The summed E-state index contributed by atoms with van der Waals surface area (Å²) in [5, 5.41) is 2.51. The zero-order valence-corrected chi connectivity index (χ0v) is 30.8. The quantitative estimate of drug-likeness (QED) is 0.152. The van der Waals surface area contributed by atoms with Gasteiger partial charge in [-0.2, -0.15) is 0 Å². The Balaban J connectivity index is 1.09. The van der Waals surface area contributed by atoms with Crippen molar-refractivity contribution in [2.75, 3.05) is 4.90 Å². The summed E-state index contributed by atoms with van der Waals surface area (Å²) in [4.78, 5) is 2.38. The number of para-hydroxylation sites is 4. The van der Waals surface area contributed by atoms with Crippen LogP contribution in [0.15, 0.2) is 231 Å². The second-order valence-corrected chi connectivity index (χ2v) is 14.1. The minimum absolute atomic E-state index is 1.10. The van der Waals surface area contributed by atoms with E-state index < -0.39 is 0 Å². The topological polar surface area (TPSA) is 8.17 Å². The second kappa shape index (κ2) is 14.4. The normalized spacial score (nSPS) is 11.2. The van der Waals surface area contributed by atoms with Gasteiger partial charge in [0.2, 0.25) is 0 Å². The number of fused-ring (bicyclic) bond motifs is 3. The third-order valence-electron chi connectivity index (χ3n) is 10.8. The molecule has 9 aromatic carbocycles. The molecule has 0 radical (unpaired) electrons. The summed E-state index contributed by atoms with van der Waals surface area (Å²) in [6, 6.07) is 82.9. The largest absolute Gasteiger partial charge is 0.310 e. The summed E-state index contributed by atoms with van der Waals surface area (Å²) < 4.78 is 2.39. The SMILES string of the molecule is c1ccc(-c2ccccc2-c2ccc(N(c3ccccc3)c3ccccc3-c3cccc(-c4cccc5c4c4ccccc4n5-c4ccccc4)c3)cc2)cc1. The molecule has 10 aromatic rings. The fourth-order valence-electron chi connectivity index (χ4n) is 8.28. The molecule has 0 amide bonds. The number of aromatic nitrogens is 1. The van der Waals surface area contributed by atoms with E-state index in [9.17, 15) is 0 Å². The maximum atomic E-state index is 2.39. The van der Waals surface area contributed by atoms with Gasteiger partial charge in [-0.05, 0) is 99.6 Å². The van der Waals surface area contributed by atoms with E-state index in [1.54, 1.807) is 0 Å². The van der Waals surface area contributed by atoms with Crippen molar-refractivity contribution < 1.29 is 0 Å². The summed E-state index contributed by atoms with van der Waals surface area (Å²) in [6.07, 6.45) is 0. The first-order chi connectivity index (χ1) is 27.8. The average Bonchev–Trinajstić information content (AvgIpc) is 3.63. The number of hydrogen-bond donors (Lipinski definition) is 0. The van der Waals surface area contributed by atoms with Crippen molar-refractivity contribution in [3.8, 4) is 50.2 Å². The van der Waals surface area contributed by atoms with E-state index in [0.29, 0.717) is 0 Å². The number of hydrogen-bond acceptors (Lipinski definition) is 1. The molecule has 1 aromatic heterocycles. The predicted octanol–water partition coefficient (Wildman–Crippen LogP) is 14.9. The van der Waals surface area contributed by atoms with E-state index in [1.807, 2.05) is 0 Å². The number of anilines is 3. The lowest BCUT2D eigenvalue weighted by atomic mass is 9.94. The van der Waals surface area contributed by atoms with Gasteiger partial charge in [0, 0.05) is 33.4 Å². The average molecular weight is 715 g/mol. The van der Waals surface area contributed by atoms with Gasteiger partial charge in [0.25, 0.3) is 0 Å². The summed E-state index contributed by atoms with van der Waals surface area (Å²) in [6.45, 7) is 0. The Morgan fingerprint density at radius 1 is 0.304 bits per heavy atom. The highest BCUT2D eigenvalue weighted by molar-refractivity contribution is 6.16. The zero-order chi connectivity index (χ0) is 37.3. The molecule has 2 nitrogen and oxygen atoms in total. The van der Waals surface area contributed by atoms with E-state index >= 15 is 0 Å². The van der Waals surface area contributed by atoms with Crippen LogP contribution in [0.3, 0.4) is 0 Å². The molecule has 2 heteroatoms. The highest BCUT2D eigenvalue weighted by Gasteiger charge is 2.20. The van der Waals surface area contributed by atoms with Crippen molar-refractivity contribution >= 4 is 38.9 Å². The van der Waals surface area contributed by atoms with Gasteiger partial charge in [0.15, 0.2) is 0 Å². The van der Waals surface area contributed by atoms with Crippen molar-refractivity contribution in [2.24, 2.45) is 0 Å². The molecular formula is C54H38N2. The Morgan fingerprint density at radius 3 is 1.52 bits per heavy atom. The number of benzene rings is 9. The van der Waals surface area contributed by atoms with E-state index in [0.717, 1.165) is 33.9 Å². The lowest BCUT2D eigenvalue weighted by molar-refractivity contribution is 1.18. The van der Waals surface area contributed by atoms with Crippen molar-refractivity contribution in [1.82, 2.24) is 4.57 Å². The fraction of sp³-hybridized carbons (Fsp3) is 0. The van der Waals surface area contributed by atoms with Gasteiger partial charge in [0.1, 0.15) is 0 Å².